The number of hydrazine groups is 1. The first kappa shape index (κ1) is 25.7. The van der Waals surface area contributed by atoms with Crippen LogP contribution in [0.5, 0.6) is 0 Å². The van der Waals surface area contributed by atoms with Gasteiger partial charge in [0.2, 0.25) is 0 Å². The summed E-state index contributed by atoms with van der Waals surface area (Å²) >= 11 is 0. The summed E-state index contributed by atoms with van der Waals surface area (Å²) in [5.41, 5.74) is 2.53. The Balaban J connectivity index is 3.75. The number of benzene rings is 1. The fraction of sp³-hybridized carbons (Fsp3) is 0.500. The van der Waals surface area contributed by atoms with Gasteiger partial charge >= 0.3 is 18.2 Å². The number of hydrogen-bond donors (Lipinski definition) is 2. The Morgan fingerprint density at radius 2 is 1.42 bits per heavy atom. The van der Waals surface area contributed by atoms with E-state index in [0.717, 1.165) is 31.4 Å². The number of ether oxygens (including phenoxy) is 3. The average Bonchev–Trinajstić information content (AvgIpc) is 2.59. The van der Waals surface area contributed by atoms with E-state index in [1.165, 1.54) is 20.8 Å². The van der Waals surface area contributed by atoms with Crippen LogP contribution in [0.1, 0.15) is 47.1 Å². The number of primary amides is 1. The van der Waals surface area contributed by atoms with Crippen molar-refractivity contribution in [1.29, 1.82) is 0 Å². The van der Waals surface area contributed by atoms with Crippen molar-refractivity contribution in [3.63, 3.8) is 0 Å². The van der Waals surface area contributed by atoms with Crippen LogP contribution in [0.15, 0.2) is 24.3 Å². The maximum atomic E-state index is 13.5. The number of methoxy groups -OCH3 is 1. The molecule has 1 aromatic carbocycles. The minimum Gasteiger partial charge on any atom is -0.467 e. The lowest BCUT2D eigenvalue weighted by atomic mass is 9.88. The van der Waals surface area contributed by atoms with Gasteiger partial charge in [-0.1, -0.05) is 12.1 Å². The lowest BCUT2D eigenvalue weighted by Gasteiger charge is -2.39. The highest BCUT2D eigenvalue weighted by Crippen LogP contribution is 2.31. The number of nitrogens with zero attached hydrogens (tertiary/aromatic N) is 1. The molecule has 0 aliphatic rings. The molecule has 0 saturated heterocycles. The Labute approximate surface area is 179 Å². The topological polar surface area (TPSA) is 137 Å². The number of nitrogens with one attached hydrogen (secondary N) is 1. The number of esters is 1. The summed E-state index contributed by atoms with van der Waals surface area (Å²) in [6.45, 7) is 9.26. The summed E-state index contributed by atoms with van der Waals surface area (Å²) in [4.78, 5) is 51.0. The number of amides is 3. The van der Waals surface area contributed by atoms with Gasteiger partial charge in [0.15, 0.2) is 0 Å². The quantitative estimate of drug-likeness (QED) is 0.317. The van der Waals surface area contributed by atoms with Gasteiger partial charge in [0.1, 0.15) is 17.0 Å². The maximum absolute atomic E-state index is 13.5. The van der Waals surface area contributed by atoms with Crippen molar-refractivity contribution in [3.8, 4) is 0 Å². The van der Waals surface area contributed by atoms with Gasteiger partial charge in [-0.3, -0.25) is 4.79 Å². The highest BCUT2D eigenvalue weighted by molar-refractivity contribution is 6.09. The third kappa shape index (κ3) is 6.30. The fourth-order valence-corrected chi connectivity index (χ4v) is 2.50. The van der Waals surface area contributed by atoms with Gasteiger partial charge in [0.25, 0.3) is 11.4 Å². The van der Waals surface area contributed by atoms with Gasteiger partial charge in [-0.15, -0.1) is 0 Å². The molecule has 1 atom stereocenters. The van der Waals surface area contributed by atoms with Gasteiger partial charge in [-0.25, -0.2) is 24.2 Å². The van der Waals surface area contributed by atoms with Crippen LogP contribution in [0.3, 0.4) is 0 Å². The second-order valence-corrected chi connectivity index (χ2v) is 8.50. The fourth-order valence-electron chi connectivity index (χ4n) is 2.50. The Morgan fingerprint density at radius 1 is 0.935 bits per heavy atom. The van der Waals surface area contributed by atoms with Gasteiger partial charge in [-0.05, 0) is 53.7 Å². The summed E-state index contributed by atoms with van der Waals surface area (Å²) in [5.74, 6) is -3.41. The molecular weight excluding hydrogens is 413 g/mol. The third-order valence-electron chi connectivity index (χ3n) is 3.61. The zero-order valence-corrected chi connectivity index (χ0v) is 18.6. The Bertz CT molecular complexity index is 844. The van der Waals surface area contributed by atoms with Crippen LogP contribution in [-0.2, 0) is 29.3 Å². The standard InChI is InChI=1S/C20H28FN3O7/c1-18(2,3)30-16(27)23-24(17(28)31-19(4,5)6)20(14(22)25,15(26)29-7)12-8-10-13(21)11-9-12/h8-11H,1-7H3,(H2,22,25)(H,23,27)/t20-/m0/s1. The second-order valence-electron chi connectivity index (χ2n) is 8.50. The van der Waals surface area contributed by atoms with Crippen LogP contribution < -0.4 is 11.2 Å². The van der Waals surface area contributed by atoms with Crippen molar-refractivity contribution in [3.05, 3.63) is 35.6 Å². The minimum atomic E-state index is -2.73. The van der Waals surface area contributed by atoms with E-state index in [9.17, 15) is 23.6 Å². The van der Waals surface area contributed by atoms with E-state index in [0.29, 0.717) is 0 Å². The number of carbonyl (C=O) groups excluding carboxylic acids is 4. The normalized spacial score (nSPS) is 13.4. The van der Waals surface area contributed by atoms with E-state index in [4.69, 9.17) is 19.9 Å². The van der Waals surface area contributed by atoms with Crippen LogP contribution in [0.4, 0.5) is 14.0 Å². The van der Waals surface area contributed by atoms with Crippen molar-refractivity contribution in [2.24, 2.45) is 5.73 Å². The average molecular weight is 441 g/mol. The predicted octanol–water partition coefficient (Wildman–Crippen LogP) is 2.36. The van der Waals surface area contributed by atoms with Crippen LogP contribution in [0, 0.1) is 5.82 Å². The molecule has 0 aliphatic carbocycles. The van der Waals surface area contributed by atoms with E-state index in [-0.39, 0.29) is 10.6 Å². The molecule has 0 saturated carbocycles. The summed E-state index contributed by atoms with van der Waals surface area (Å²) in [6.07, 6.45) is -2.50. The number of halogens is 1. The number of rotatable bonds is 4. The van der Waals surface area contributed by atoms with Gasteiger partial charge < -0.3 is 19.9 Å². The van der Waals surface area contributed by atoms with Gasteiger partial charge in [0.05, 0.1) is 7.11 Å². The SMILES string of the molecule is COC(=O)[C@@](C(N)=O)(c1ccc(F)cc1)N(NC(=O)OC(C)(C)C)C(=O)OC(C)(C)C. The number of nitrogens with two attached hydrogens (primary N) is 1. The number of carbonyl (C=O) groups is 4. The largest absolute Gasteiger partial charge is 0.467 e. The van der Waals surface area contributed by atoms with E-state index < -0.39 is 46.6 Å². The van der Waals surface area contributed by atoms with Crippen LogP contribution in [-0.4, -0.2) is 47.4 Å². The van der Waals surface area contributed by atoms with Crippen LogP contribution in [0.25, 0.3) is 0 Å². The molecule has 0 heterocycles. The molecule has 31 heavy (non-hydrogen) atoms. The molecular formula is C20H28FN3O7. The molecule has 1 rings (SSSR count). The Hall–Kier alpha value is -3.37. The summed E-state index contributed by atoms with van der Waals surface area (Å²) in [7, 11) is 0.949. The van der Waals surface area contributed by atoms with Crippen molar-refractivity contribution >= 4 is 24.1 Å². The second kappa shape index (κ2) is 9.19. The monoisotopic (exact) mass is 441 g/mol. The number of hydrogen-bond acceptors (Lipinski definition) is 7. The summed E-state index contributed by atoms with van der Waals surface area (Å²) in [5, 5.41) is 0.285. The zero-order valence-electron chi connectivity index (χ0n) is 18.6. The first-order valence-corrected chi connectivity index (χ1v) is 9.22. The molecule has 0 unspecified atom stereocenters. The molecule has 0 bridgehead atoms. The molecule has 3 amide bonds. The first-order chi connectivity index (χ1) is 14.0. The molecule has 0 spiro atoms. The summed E-state index contributed by atoms with van der Waals surface area (Å²) < 4.78 is 28.6. The smallest absolute Gasteiger partial charge is 0.431 e. The van der Waals surface area contributed by atoms with Crippen molar-refractivity contribution in [2.45, 2.75) is 58.3 Å². The van der Waals surface area contributed by atoms with Crippen molar-refractivity contribution < 1.29 is 37.8 Å². The van der Waals surface area contributed by atoms with Crippen molar-refractivity contribution in [1.82, 2.24) is 10.4 Å². The molecule has 172 valence electrons. The zero-order chi connectivity index (χ0) is 24.2. The lowest BCUT2D eigenvalue weighted by Crippen LogP contribution is -2.68. The molecule has 0 radical (unpaired) electrons. The molecule has 0 aromatic heterocycles. The summed E-state index contributed by atoms with van der Waals surface area (Å²) in [6, 6.07) is 3.98. The first-order valence-electron chi connectivity index (χ1n) is 9.22. The van der Waals surface area contributed by atoms with Gasteiger partial charge in [-0.2, -0.15) is 5.01 Å². The minimum absolute atomic E-state index is 0.254. The molecule has 0 aliphatic heterocycles. The molecule has 3 N–H and O–H groups in total. The van der Waals surface area contributed by atoms with Crippen LogP contribution >= 0.6 is 0 Å². The highest BCUT2D eigenvalue weighted by atomic mass is 19.1. The van der Waals surface area contributed by atoms with E-state index in [2.05, 4.69) is 0 Å². The third-order valence-corrected chi connectivity index (χ3v) is 3.61. The Kier molecular flexibility index (Phi) is 7.61. The maximum Gasteiger partial charge on any atom is 0.431 e. The van der Waals surface area contributed by atoms with Crippen molar-refractivity contribution in [2.75, 3.05) is 7.11 Å². The van der Waals surface area contributed by atoms with E-state index in [1.807, 2.05) is 5.43 Å². The van der Waals surface area contributed by atoms with E-state index >= 15 is 0 Å². The molecule has 0 fully saturated rings. The van der Waals surface area contributed by atoms with Gasteiger partial charge in [0, 0.05) is 5.56 Å². The molecule has 10 nitrogen and oxygen atoms in total. The highest BCUT2D eigenvalue weighted by Gasteiger charge is 2.57. The van der Waals surface area contributed by atoms with Crippen LogP contribution in [0.2, 0.25) is 0 Å². The molecule has 1 aromatic rings. The predicted molar refractivity (Wildman–Crippen MR) is 107 cm³/mol. The van der Waals surface area contributed by atoms with E-state index in [1.54, 1.807) is 20.8 Å². The lowest BCUT2D eigenvalue weighted by molar-refractivity contribution is -0.163. The Morgan fingerprint density at radius 3 is 1.81 bits per heavy atom. The molecule has 11 heteroatoms.